The van der Waals surface area contributed by atoms with Crippen LogP contribution >= 0.6 is 0 Å². The summed E-state index contributed by atoms with van der Waals surface area (Å²) in [6.07, 6.45) is -6.37. The van der Waals surface area contributed by atoms with Gasteiger partial charge in [0.2, 0.25) is 0 Å². The molecule has 0 aliphatic heterocycles. The Hall–Kier alpha value is -4.22. The molecule has 0 spiro atoms. The van der Waals surface area contributed by atoms with Crippen molar-refractivity contribution >= 4 is 11.7 Å². The molecule has 0 aliphatic carbocycles. The first-order chi connectivity index (χ1) is 16.5. The van der Waals surface area contributed by atoms with Gasteiger partial charge in [0.1, 0.15) is 11.5 Å². The summed E-state index contributed by atoms with van der Waals surface area (Å²) in [5.41, 5.74) is -0.710. The van der Waals surface area contributed by atoms with Crippen LogP contribution in [0.2, 0.25) is 0 Å². The monoisotopic (exact) mass is 491 g/mol. The van der Waals surface area contributed by atoms with Crippen molar-refractivity contribution in [2.45, 2.75) is 18.8 Å². The normalized spacial score (nSPS) is 11.9. The number of aromatic nitrogens is 4. The zero-order valence-electron chi connectivity index (χ0n) is 17.6. The number of hydrogen-bond donors (Lipinski definition) is 1. The quantitative estimate of drug-likeness (QED) is 0.364. The molecule has 3 aromatic heterocycles. The summed E-state index contributed by atoms with van der Waals surface area (Å²) >= 11 is 0. The maximum absolute atomic E-state index is 13.6. The van der Waals surface area contributed by atoms with E-state index in [1.54, 1.807) is 12.1 Å². The summed E-state index contributed by atoms with van der Waals surface area (Å²) in [5.74, 6) is -0.726. The Morgan fingerprint density at radius 1 is 0.943 bits per heavy atom. The molecule has 1 amide bonds. The first-order valence-corrected chi connectivity index (χ1v) is 10.0. The van der Waals surface area contributed by atoms with E-state index in [4.69, 9.17) is 0 Å². The molecule has 0 radical (unpaired) electrons. The molecule has 4 aromatic rings. The van der Waals surface area contributed by atoms with Gasteiger partial charge >= 0.3 is 12.4 Å². The SMILES string of the molecule is O=C(Nc1ccc(-n2nc(-c3cccnc3)cc2C(F)(F)F)cn1)c1cccc(CC(F)(F)F)c1. The first kappa shape index (κ1) is 23.9. The third-order valence-electron chi connectivity index (χ3n) is 4.78. The fraction of sp³-hybridized carbons (Fsp3) is 0.130. The predicted molar refractivity (Wildman–Crippen MR) is 114 cm³/mol. The van der Waals surface area contributed by atoms with Gasteiger partial charge in [0.15, 0.2) is 0 Å². The van der Waals surface area contributed by atoms with E-state index in [0.717, 1.165) is 18.3 Å². The molecule has 3 heterocycles. The van der Waals surface area contributed by atoms with Crippen molar-refractivity contribution in [3.63, 3.8) is 0 Å². The molecule has 0 fully saturated rings. The highest BCUT2D eigenvalue weighted by Gasteiger charge is 2.36. The minimum Gasteiger partial charge on any atom is -0.307 e. The average Bonchev–Trinajstić information content (AvgIpc) is 3.25. The summed E-state index contributed by atoms with van der Waals surface area (Å²) in [6, 6.07) is 11.6. The maximum atomic E-state index is 13.6. The number of halogens is 6. The number of amides is 1. The van der Waals surface area contributed by atoms with Gasteiger partial charge < -0.3 is 5.32 Å². The molecule has 1 aromatic carbocycles. The van der Waals surface area contributed by atoms with E-state index in [0.29, 0.717) is 10.2 Å². The van der Waals surface area contributed by atoms with Crippen molar-refractivity contribution in [3.05, 3.63) is 90.0 Å². The molecule has 0 bridgehead atoms. The van der Waals surface area contributed by atoms with E-state index in [2.05, 4.69) is 20.4 Å². The van der Waals surface area contributed by atoms with E-state index >= 15 is 0 Å². The Kier molecular flexibility index (Phi) is 6.29. The van der Waals surface area contributed by atoms with Gasteiger partial charge in [-0.15, -0.1) is 0 Å². The summed E-state index contributed by atoms with van der Waals surface area (Å²) in [5, 5.41) is 6.44. The maximum Gasteiger partial charge on any atom is 0.433 e. The summed E-state index contributed by atoms with van der Waals surface area (Å²) in [4.78, 5) is 20.3. The zero-order valence-corrected chi connectivity index (χ0v) is 17.6. The Morgan fingerprint density at radius 2 is 1.74 bits per heavy atom. The smallest absolute Gasteiger partial charge is 0.307 e. The molecule has 1 N–H and O–H groups in total. The Morgan fingerprint density at radius 3 is 2.37 bits per heavy atom. The number of carbonyl (C=O) groups excluding carboxylic acids is 1. The molecular formula is C23H15F6N5O. The van der Waals surface area contributed by atoms with Crippen molar-refractivity contribution in [3.8, 4) is 16.9 Å². The number of alkyl halides is 6. The molecule has 4 rings (SSSR count). The lowest BCUT2D eigenvalue weighted by Gasteiger charge is -2.11. The number of benzene rings is 1. The largest absolute Gasteiger partial charge is 0.433 e. The van der Waals surface area contributed by atoms with Crippen LogP contribution in [-0.4, -0.2) is 31.8 Å². The van der Waals surface area contributed by atoms with E-state index in [1.807, 2.05) is 0 Å². The lowest BCUT2D eigenvalue weighted by Crippen LogP contribution is -2.16. The Labute approximate surface area is 194 Å². The molecule has 12 heteroatoms. The Balaban J connectivity index is 1.56. The van der Waals surface area contributed by atoms with E-state index in [-0.39, 0.29) is 28.3 Å². The van der Waals surface area contributed by atoms with Gasteiger partial charge in [-0.3, -0.25) is 9.78 Å². The molecule has 6 nitrogen and oxygen atoms in total. The minimum absolute atomic E-state index is 0.00632. The highest BCUT2D eigenvalue weighted by Crippen LogP contribution is 2.34. The van der Waals surface area contributed by atoms with Gasteiger partial charge in [0.05, 0.1) is 24.0 Å². The van der Waals surface area contributed by atoms with Gasteiger partial charge in [-0.05, 0) is 48.0 Å². The second-order valence-electron chi connectivity index (χ2n) is 7.41. The number of carbonyl (C=O) groups is 1. The van der Waals surface area contributed by atoms with Gasteiger partial charge in [-0.2, -0.15) is 31.4 Å². The van der Waals surface area contributed by atoms with Gasteiger partial charge in [0.25, 0.3) is 5.91 Å². The molecule has 0 atom stereocenters. The van der Waals surface area contributed by atoms with Crippen LogP contribution < -0.4 is 5.32 Å². The lowest BCUT2D eigenvalue weighted by atomic mass is 10.1. The second-order valence-corrected chi connectivity index (χ2v) is 7.41. The number of nitrogens with one attached hydrogen (secondary N) is 1. The predicted octanol–water partition coefficient (Wildman–Crippen LogP) is 5.71. The summed E-state index contributed by atoms with van der Waals surface area (Å²) in [7, 11) is 0. The van der Waals surface area contributed by atoms with Crippen molar-refractivity contribution in [1.29, 1.82) is 0 Å². The van der Waals surface area contributed by atoms with Crippen LogP contribution in [0.5, 0.6) is 0 Å². The topological polar surface area (TPSA) is 72.7 Å². The number of rotatable bonds is 5. The third kappa shape index (κ3) is 5.83. The molecule has 0 saturated heterocycles. The third-order valence-corrected chi connectivity index (χ3v) is 4.78. The zero-order chi connectivity index (χ0) is 25.2. The first-order valence-electron chi connectivity index (χ1n) is 10.0. The van der Waals surface area contributed by atoms with Crippen molar-refractivity contribution < 1.29 is 31.1 Å². The van der Waals surface area contributed by atoms with Gasteiger partial charge in [-0.1, -0.05) is 12.1 Å². The van der Waals surface area contributed by atoms with Crippen LogP contribution in [0.1, 0.15) is 21.6 Å². The van der Waals surface area contributed by atoms with Crippen LogP contribution in [0.3, 0.4) is 0 Å². The van der Waals surface area contributed by atoms with Crippen LogP contribution in [-0.2, 0) is 12.6 Å². The molecule has 35 heavy (non-hydrogen) atoms. The highest BCUT2D eigenvalue weighted by atomic mass is 19.4. The number of anilines is 1. The molecular weight excluding hydrogens is 476 g/mol. The standard InChI is InChI=1S/C23H15F6N5O/c24-22(25,26)11-14-3-1-4-15(9-14)21(35)32-20-7-6-17(13-31-20)34-19(23(27,28)29)10-18(33-34)16-5-2-8-30-12-16/h1-10,12-13H,11H2,(H,31,32,35). The molecule has 0 saturated carbocycles. The van der Waals surface area contributed by atoms with Crippen molar-refractivity contribution in [1.82, 2.24) is 19.7 Å². The minimum atomic E-state index is -4.71. The summed E-state index contributed by atoms with van der Waals surface area (Å²) < 4.78 is 79.3. The van der Waals surface area contributed by atoms with Gasteiger partial charge in [0, 0.05) is 23.5 Å². The van der Waals surface area contributed by atoms with Crippen LogP contribution in [0.4, 0.5) is 32.2 Å². The lowest BCUT2D eigenvalue weighted by molar-refractivity contribution is -0.142. The van der Waals surface area contributed by atoms with E-state index < -0.39 is 30.4 Å². The van der Waals surface area contributed by atoms with Crippen LogP contribution in [0.15, 0.2) is 73.2 Å². The number of nitrogens with zero attached hydrogens (tertiary/aromatic N) is 4. The van der Waals surface area contributed by atoms with Crippen molar-refractivity contribution in [2.24, 2.45) is 0 Å². The molecule has 180 valence electrons. The van der Waals surface area contributed by atoms with Crippen LogP contribution in [0.25, 0.3) is 16.9 Å². The van der Waals surface area contributed by atoms with Gasteiger partial charge in [-0.25, -0.2) is 9.67 Å². The molecule has 0 aliphatic rings. The van der Waals surface area contributed by atoms with Crippen molar-refractivity contribution in [2.75, 3.05) is 5.32 Å². The van der Waals surface area contributed by atoms with E-state index in [9.17, 15) is 31.1 Å². The fourth-order valence-corrected chi connectivity index (χ4v) is 3.26. The number of hydrogen-bond acceptors (Lipinski definition) is 4. The molecule has 0 unspecified atom stereocenters. The summed E-state index contributed by atoms with van der Waals surface area (Å²) in [6.45, 7) is 0. The highest BCUT2D eigenvalue weighted by molar-refractivity contribution is 6.03. The van der Waals surface area contributed by atoms with Crippen LogP contribution in [0, 0.1) is 0 Å². The second kappa shape index (κ2) is 9.20. The average molecular weight is 491 g/mol. The Bertz CT molecular complexity index is 1330. The number of pyridine rings is 2. The van der Waals surface area contributed by atoms with E-state index in [1.165, 1.54) is 42.7 Å². The fourth-order valence-electron chi connectivity index (χ4n) is 3.26.